The molecule has 168 valence electrons. The minimum Gasteiger partial charge on any atom is -0.327 e. The van der Waals surface area contributed by atoms with Crippen molar-refractivity contribution in [3.05, 3.63) is 87.9 Å². The number of hydrogen-bond donors (Lipinski definition) is 1. The van der Waals surface area contributed by atoms with Gasteiger partial charge in [-0.1, -0.05) is 68.2 Å². The molecule has 4 rings (SSSR count). The molecule has 0 saturated carbocycles. The summed E-state index contributed by atoms with van der Waals surface area (Å²) >= 11 is 12.1. The minimum atomic E-state index is -0.845. The molecule has 0 spiro atoms. The maximum atomic E-state index is 13.1. The number of benzene rings is 1. The van der Waals surface area contributed by atoms with Crippen LogP contribution in [0.5, 0.6) is 0 Å². The first kappa shape index (κ1) is 23.0. The van der Waals surface area contributed by atoms with E-state index in [2.05, 4.69) is 60.3 Å². The van der Waals surface area contributed by atoms with Gasteiger partial charge in [-0.3, -0.25) is 14.6 Å². The molecule has 0 aliphatic heterocycles. The van der Waals surface area contributed by atoms with Crippen LogP contribution >= 0.6 is 23.2 Å². The van der Waals surface area contributed by atoms with E-state index >= 15 is 0 Å². The van der Waals surface area contributed by atoms with Gasteiger partial charge in [0.15, 0.2) is 0 Å². The molecule has 3 heterocycles. The fraction of sp³-hybridized carbons (Fsp3) is 0.200. The van der Waals surface area contributed by atoms with Crippen LogP contribution in [0.1, 0.15) is 42.3 Å². The lowest BCUT2D eigenvalue weighted by Gasteiger charge is -2.19. The number of aromatic nitrogens is 3. The van der Waals surface area contributed by atoms with Crippen molar-refractivity contribution in [1.82, 2.24) is 14.5 Å². The zero-order valence-corrected chi connectivity index (χ0v) is 19.9. The number of fused-ring (bicyclic) bond motifs is 1. The van der Waals surface area contributed by atoms with Crippen LogP contribution in [0.2, 0.25) is 10.0 Å². The second kappa shape index (κ2) is 8.96. The highest BCUT2D eigenvalue weighted by Crippen LogP contribution is 2.29. The Balaban J connectivity index is 1.64. The van der Waals surface area contributed by atoms with Crippen LogP contribution in [0.25, 0.3) is 11.0 Å². The molecule has 0 unspecified atom stereocenters. The molecular weight excluding hydrogens is 459 g/mol. The van der Waals surface area contributed by atoms with Crippen LogP contribution in [0, 0.1) is 0 Å². The van der Waals surface area contributed by atoms with Crippen molar-refractivity contribution in [3.63, 3.8) is 0 Å². The number of nitrogens with one attached hydrogen (secondary N) is 1. The third-order valence-corrected chi connectivity index (χ3v) is 5.92. The van der Waals surface area contributed by atoms with Gasteiger partial charge in [0.25, 0.3) is 11.7 Å². The van der Waals surface area contributed by atoms with Gasteiger partial charge in [0.05, 0.1) is 21.3 Å². The summed E-state index contributed by atoms with van der Waals surface area (Å²) in [6, 6.07) is 11.9. The Labute approximate surface area is 201 Å². The van der Waals surface area contributed by atoms with Crippen molar-refractivity contribution in [2.75, 3.05) is 5.32 Å². The molecule has 1 aromatic carbocycles. The second-order valence-corrected chi connectivity index (χ2v) is 9.57. The average molecular weight is 481 g/mol. The summed E-state index contributed by atoms with van der Waals surface area (Å²) in [5, 5.41) is 3.38. The van der Waals surface area contributed by atoms with Crippen LogP contribution in [0.3, 0.4) is 0 Å². The highest BCUT2D eigenvalue weighted by atomic mass is 35.5. The summed E-state index contributed by atoms with van der Waals surface area (Å²) in [4.78, 5) is 34.1. The molecule has 0 bridgehead atoms. The summed E-state index contributed by atoms with van der Waals surface area (Å²) < 4.78 is 1.87. The van der Waals surface area contributed by atoms with E-state index in [1.807, 2.05) is 4.57 Å². The van der Waals surface area contributed by atoms with E-state index in [4.69, 9.17) is 23.2 Å². The first-order valence-electron chi connectivity index (χ1n) is 10.3. The molecule has 3 aromatic heterocycles. The molecule has 8 heteroatoms. The normalized spacial score (nSPS) is 11.5. The van der Waals surface area contributed by atoms with E-state index in [0.717, 1.165) is 5.56 Å². The number of Topliss-reactive ketones (excluding diaryl/α,β-unsaturated/α-hetero) is 1. The van der Waals surface area contributed by atoms with Gasteiger partial charge >= 0.3 is 0 Å². The number of carbonyl (C=O) groups is 2. The summed E-state index contributed by atoms with van der Waals surface area (Å²) in [7, 11) is 0. The molecule has 4 aromatic rings. The molecule has 0 aliphatic carbocycles. The van der Waals surface area contributed by atoms with Crippen LogP contribution in [-0.2, 0) is 16.8 Å². The molecule has 1 amide bonds. The lowest BCUT2D eigenvalue weighted by atomic mass is 9.87. The van der Waals surface area contributed by atoms with Crippen molar-refractivity contribution < 1.29 is 9.59 Å². The average Bonchev–Trinajstić information content (AvgIpc) is 3.14. The van der Waals surface area contributed by atoms with Gasteiger partial charge in [0.2, 0.25) is 0 Å². The van der Waals surface area contributed by atoms with Crippen LogP contribution in [0.15, 0.2) is 61.2 Å². The van der Waals surface area contributed by atoms with E-state index in [1.54, 1.807) is 24.5 Å². The zero-order chi connectivity index (χ0) is 23.8. The van der Waals surface area contributed by atoms with Gasteiger partial charge in [-0.2, -0.15) is 0 Å². The Morgan fingerprint density at radius 2 is 1.70 bits per heavy atom. The zero-order valence-electron chi connectivity index (χ0n) is 18.4. The maximum Gasteiger partial charge on any atom is 0.296 e. The van der Waals surface area contributed by atoms with Gasteiger partial charge in [-0.15, -0.1) is 0 Å². The largest absolute Gasteiger partial charge is 0.327 e. The summed E-state index contributed by atoms with van der Waals surface area (Å²) in [6.07, 6.45) is 6.00. The fourth-order valence-corrected chi connectivity index (χ4v) is 4.01. The maximum absolute atomic E-state index is 13.1. The molecule has 0 radical (unpaired) electrons. The molecular formula is C25H22Cl2N4O2. The Hall–Kier alpha value is -3.22. The smallest absolute Gasteiger partial charge is 0.296 e. The Kier molecular flexibility index (Phi) is 6.23. The first-order chi connectivity index (χ1) is 15.6. The quantitative estimate of drug-likeness (QED) is 0.284. The van der Waals surface area contributed by atoms with E-state index in [9.17, 15) is 9.59 Å². The third kappa shape index (κ3) is 4.77. The van der Waals surface area contributed by atoms with Gasteiger partial charge < -0.3 is 9.88 Å². The number of hydrogen-bond acceptors (Lipinski definition) is 4. The monoisotopic (exact) mass is 480 g/mol. The van der Waals surface area contributed by atoms with Crippen molar-refractivity contribution in [3.8, 4) is 0 Å². The predicted octanol–water partition coefficient (Wildman–Crippen LogP) is 5.91. The van der Waals surface area contributed by atoms with E-state index in [-0.39, 0.29) is 26.7 Å². The molecule has 0 aliphatic rings. The van der Waals surface area contributed by atoms with E-state index in [0.29, 0.717) is 17.6 Å². The summed E-state index contributed by atoms with van der Waals surface area (Å²) in [5.74, 6) is -1.55. The first-order valence-corrected chi connectivity index (χ1v) is 11.1. The lowest BCUT2D eigenvalue weighted by molar-refractivity contribution is -0.112. The molecule has 0 saturated heterocycles. The van der Waals surface area contributed by atoms with Gasteiger partial charge in [0.1, 0.15) is 5.65 Å². The number of ketones is 1. The predicted molar refractivity (Wildman–Crippen MR) is 131 cm³/mol. The molecule has 1 N–H and O–H groups in total. The van der Waals surface area contributed by atoms with E-state index < -0.39 is 11.7 Å². The molecule has 6 nitrogen and oxygen atoms in total. The molecule has 0 fully saturated rings. The number of amides is 1. The van der Waals surface area contributed by atoms with Crippen molar-refractivity contribution in [1.29, 1.82) is 0 Å². The lowest BCUT2D eigenvalue weighted by Crippen LogP contribution is -2.23. The minimum absolute atomic E-state index is 0.0633. The highest BCUT2D eigenvalue weighted by Gasteiger charge is 2.24. The van der Waals surface area contributed by atoms with Crippen LogP contribution in [0.4, 0.5) is 5.69 Å². The Morgan fingerprint density at radius 3 is 2.33 bits per heavy atom. The Bertz CT molecular complexity index is 1340. The van der Waals surface area contributed by atoms with Crippen LogP contribution in [-0.4, -0.2) is 26.2 Å². The van der Waals surface area contributed by atoms with Gasteiger partial charge in [-0.05, 0) is 28.7 Å². The van der Waals surface area contributed by atoms with Crippen molar-refractivity contribution in [2.24, 2.45) is 0 Å². The second-order valence-electron chi connectivity index (χ2n) is 8.75. The summed E-state index contributed by atoms with van der Waals surface area (Å²) in [6.45, 7) is 7.01. The number of nitrogens with zero attached hydrogens (tertiary/aromatic N) is 3. The van der Waals surface area contributed by atoms with Gasteiger partial charge in [-0.25, -0.2) is 4.98 Å². The highest BCUT2D eigenvalue weighted by molar-refractivity contribution is 6.50. The summed E-state index contributed by atoms with van der Waals surface area (Å²) in [5.41, 5.74) is 3.38. The number of halogens is 2. The van der Waals surface area contributed by atoms with Gasteiger partial charge in [0, 0.05) is 36.7 Å². The molecule has 33 heavy (non-hydrogen) atoms. The number of carbonyl (C=O) groups excluding carboxylic acids is 2. The number of pyridine rings is 2. The number of anilines is 1. The van der Waals surface area contributed by atoms with Crippen molar-refractivity contribution in [2.45, 2.75) is 32.7 Å². The van der Waals surface area contributed by atoms with Crippen LogP contribution < -0.4 is 5.32 Å². The SMILES string of the molecule is CC(C)(C)c1ccc(Cn2cc(C(=O)C(=O)Nc3c(Cl)cncc3Cl)c3cccnc32)cc1. The van der Waals surface area contributed by atoms with Crippen molar-refractivity contribution >= 4 is 51.6 Å². The Morgan fingerprint density at radius 1 is 1.03 bits per heavy atom. The fourth-order valence-electron chi connectivity index (χ4n) is 3.55. The third-order valence-electron chi connectivity index (χ3n) is 5.35. The standard InChI is InChI=1S/C25H22Cl2N4O2/c1-25(2,3)16-8-6-15(7-9-16)13-31-14-18(17-5-4-10-29-23(17)31)22(32)24(33)30-21-19(26)11-28-12-20(21)27/h4-12,14H,13H2,1-3H3,(H,28,30,33). The topological polar surface area (TPSA) is 76.9 Å². The number of rotatable bonds is 5. The molecule has 0 atom stereocenters. The van der Waals surface area contributed by atoms with E-state index in [1.165, 1.54) is 18.0 Å².